The summed E-state index contributed by atoms with van der Waals surface area (Å²) in [5.74, 6) is 6.34. The fourth-order valence-electron chi connectivity index (χ4n) is 1.50. The molecule has 0 aliphatic rings. The van der Waals surface area contributed by atoms with Gasteiger partial charge in [-0.25, -0.2) is 10.4 Å². The van der Waals surface area contributed by atoms with Crippen molar-refractivity contribution in [2.75, 3.05) is 0 Å². The van der Waals surface area contributed by atoms with Crippen molar-refractivity contribution >= 4 is 0 Å². The van der Waals surface area contributed by atoms with Crippen LogP contribution in [0, 0.1) is 6.92 Å². The van der Waals surface area contributed by atoms with Gasteiger partial charge in [0.15, 0.2) is 0 Å². The smallest absolute Gasteiger partial charge is 0.133 e. The number of aryl methyl sites for hydroxylation is 2. The van der Waals surface area contributed by atoms with Gasteiger partial charge in [0.05, 0.1) is 17.6 Å². The van der Waals surface area contributed by atoms with Crippen LogP contribution in [0.15, 0.2) is 24.8 Å². The van der Waals surface area contributed by atoms with Crippen molar-refractivity contribution in [2.24, 2.45) is 12.9 Å². The molecule has 3 N–H and O–H groups in total. The van der Waals surface area contributed by atoms with Crippen LogP contribution in [0.25, 0.3) is 0 Å². The highest BCUT2D eigenvalue weighted by molar-refractivity contribution is 5.15. The summed E-state index contributed by atoms with van der Waals surface area (Å²) in [5.41, 5.74) is 4.32. The Morgan fingerprint density at radius 2 is 2.12 bits per heavy atom. The first-order valence-corrected chi connectivity index (χ1v) is 4.94. The molecule has 84 valence electrons. The normalized spacial score (nSPS) is 12.7. The fraction of sp³-hybridized carbons (Fsp3) is 0.300. The molecule has 0 fully saturated rings. The predicted molar refractivity (Wildman–Crippen MR) is 59.1 cm³/mol. The zero-order chi connectivity index (χ0) is 11.5. The van der Waals surface area contributed by atoms with Gasteiger partial charge in [-0.2, -0.15) is 0 Å². The second kappa shape index (κ2) is 4.38. The number of hydrogen-bond acceptors (Lipinski definition) is 5. The summed E-state index contributed by atoms with van der Waals surface area (Å²) in [6.07, 6.45) is 7.00. The summed E-state index contributed by atoms with van der Waals surface area (Å²) < 4.78 is 1.89. The molecule has 0 bridgehead atoms. The topological polar surface area (TPSA) is 81.6 Å². The number of imidazole rings is 1. The largest absolute Gasteiger partial charge is 0.336 e. The molecule has 0 radical (unpaired) electrons. The molecular weight excluding hydrogens is 204 g/mol. The van der Waals surface area contributed by atoms with E-state index < -0.39 is 0 Å². The first-order chi connectivity index (χ1) is 7.72. The summed E-state index contributed by atoms with van der Waals surface area (Å²) in [7, 11) is 1.91. The summed E-state index contributed by atoms with van der Waals surface area (Å²) in [4.78, 5) is 12.7. The summed E-state index contributed by atoms with van der Waals surface area (Å²) in [5, 5.41) is 0. The Labute approximate surface area is 93.5 Å². The molecule has 0 aliphatic heterocycles. The second-order valence-corrected chi connectivity index (χ2v) is 3.58. The van der Waals surface area contributed by atoms with E-state index in [1.807, 2.05) is 24.7 Å². The molecule has 16 heavy (non-hydrogen) atoms. The Morgan fingerprint density at radius 1 is 1.31 bits per heavy atom. The van der Waals surface area contributed by atoms with Gasteiger partial charge < -0.3 is 4.57 Å². The highest BCUT2D eigenvalue weighted by Gasteiger charge is 2.17. The van der Waals surface area contributed by atoms with Crippen LogP contribution in [0.2, 0.25) is 0 Å². The standard InChI is InChI=1S/C10H14N6/c1-7-5-14-8(6-13-7)9(15-11)10-12-3-4-16(10)2/h3-6,9,15H,11H2,1-2H3. The maximum atomic E-state index is 5.53. The minimum absolute atomic E-state index is 0.243. The summed E-state index contributed by atoms with van der Waals surface area (Å²) in [6, 6.07) is -0.243. The highest BCUT2D eigenvalue weighted by Crippen LogP contribution is 2.16. The van der Waals surface area contributed by atoms with Crippen molar-refractivity contribution in [3.05, 3.63) is 42.0 Å². The van der Waals surface area contributed by atoms with Crippen LogP contribution in [0.4, 0.5) is 0 Å². The Balaban J connectivity index is 2.37. The zero-order valence-corrected chi connectivity index (χ0v) is 9.25. The van der Waals surface area contributed by atoms with Crippen LogP contribution < -0.4 is 11.3 Å². The van der Waals surface area contributed by atoms with Gasteiger partial charge in [-0.05, 0) is 6.92 Å². The molecule has 2 rings (SSSR count). The Kier molecular flexibility index (Phi) is 2.93. The molecular formula is C10H14N6. The minimum atomic E-state index is -0.243. The van der Waals surface area contributed by atoms with Gasteiger partial charge >= 0.3 is 0 Å². The van der Waals surface area contributed by atoms with Crippen LogP contribution >= 0.6 is 0 Å². The van der Waals surface area contributed by atoms with Gasteiger partial charge in [0.25, 0.3) is 0 Å². The third kappa shape index (κ3) is 1.93. The quantitative estimate of drug-likeness (QED) is 0.563. The van der Waals surface area contributed by atoms with Crippen molar-refractivity contribution < 1.29 is 0 Å². The lowest BCUT2D eigenvalue weighted by Crippen LogP contribution is -2.31. The lowest BCUT2D eigenvalue weighted by Gasteiger charge is -2.14. The molecule has 2 aromatic rings. The van der Waals surface area contributed by atoms with Gasteiger partial charge in [-0.1, -0.05) is 0 Å². The lowest BCUT2D eigenvalue weighted by molar-refractivity contribution is 0.564. The molecule has 1 atom stereocenters. The van der Waals surface area contributed by atoms with E-state index in [2.05, 4.69) is 20.4 Å². The summed E-state index contributed by atoms with van der Waals surface area (Å²) >= 11 is 0. The van der Waals surface area contributed by atoms with Crippen LogP contribution in [-0.4, -0.2) is 19.5 Å². The molecule has 0 amide bonds. The zero-order valence-electron chi connectivity index (χ0n) is 9.25. The van der Waals surface area contributed by atoms with Gasteiger partial charge in [0.2, 0.25) is 0 Å². The van der Waals surface area contributed by atoms with E-state index in [0.29, 0.717) is 0 Å². The average molecular weight is 218 g/mol. The van der Waals surface area contributed by atoms with E-state index in [1.165, 1.54) is 0 Å². The third-order valence-corrected chi connectivity index (χ3v) is 2.38. The Morgan fingerprint density at radius 3 is 2.62 bits per heavy atom. The molecule has 0 aromatic carbocycles. The maximum Gasteiger partial charge on any atom is 0.133 e. The van der Waals surface area contributed by atoms with Gasteiger partial charge in [0.1, 0.15) is 11.9 Å². The SMILES string of the molecule is Cc1cnc(C(NN)c2nccn2C)cn1. The molecule has 0 saturated carbocycles. The molecule has 6 heteroatoms. The number of aromatic nitrogens is 4. The van der Waals surface area contributed by atoms with Gasteiger partial charge in [-0.3, -0.25) is 15.8 Å². The fourth-order valence-corrected chi connectivity index (χ4v) is 1.50. The summed E-state index contributed by atoms with van der Waals surface area (Å²) in [6.45, 7) is 1.89. The Bertz CT molecular complexity index is 460. The van der Waals surface area contributed by atoms with Crippen LogP contribution in [0.3, 0.4) is 0 Å². The lowest BCUT2D eigenvalue weighted by atomic mass is 10.2. The van der Waals surface area contributed by atoms with E-state index in [1.54, 1.807) is 18.6 Å². The van der Waals surface area contributed by atoms with E-state index in [4.69, 9.17) is 5.84 Å². The first-order valence-electron chi connectivity index (χ1n) is 4.94. The van der Waals surface area contributed by atoms with Crippen molar-refractivity contribution in [2.45, 2.75) is 13.0 Å². The number of hydrogen-bond donors (Lipinski definition) is 2. The van der Waals surface area contributed by atoms with E-state index in [9.17, 15) is 0 Å². The Hall–Kier alpha value is -1.79. The van der Waals surface area contributed by atoms with Crippen molar-refractivity contribution in [1.82, 2.24) is 24.9 Å². The monoisotopic (exact) mass is 218 g/mol. The molecule has 6 nitrogen and oxygen atoms in total. The molecule has 0 saturated heterocycles. The van der Waals surface area contributed by atoms with Crippen molar-refractivity contribution in [3.63, 3.8) is 0 Å². The van der Waals surface area contributed by atoms with Gasteiger partial charge in [0, 0.05) is 25.6 Å². The van der Waals surface area contributed by atoms with E-state index in [-0.39, 0.29) is 6.04 Å². The molecule has 0 aliphatic carbocycles. The predicted octanol–water partition coefficient (Wildman–Crippen LogP) is 0.0712. The molecule has 0 spiro atoms. The van der Waals surface area contributed by atoms with Crippen LogP contribution in [-0.2, 0) is 7.05 Å². The van der Waals surface area contributed by atoms with Crippen LogP contribution in [0.5, 0.6) is 0 Å². The number of rotatable bonds is 3. The molecule has 1 unspecified atom stereocenters. The maximum absolute atomic E-state index is 5.53. The van der Waals surface area contributed by atoms with Gasteiger partial charge in [-0.15, -0.1) is 0 Å². The number of hydrazine groups is 1. The average Bonchev–Trinajstić information content (AvgIpc) is 2.69. The highest BCUT2D eigenvalue weighted by atomic mass is 15.3. The van der Waals surface area contributed by atoms with Crippen molar-refractivity contribution in [3.8, 4) is 0 Å². The number of nitrogens with zero attached hydrogens (tertiary/aromatic N) is 4. The number of nitrogens with two attached hydrogens (primary N) is 1. The minimum Gasteiger partial charge on any atom is -0.336 e. The van der Waals surface area contributed by atoms with E-state index >= 15 is 0 Å². The molecule has 2 aromatic heterocycles. The third-order valence-electron chi connectivity index (χ3n) is 2.38. The van der Waals surface area contributed by atoms with Crippen molar-refractivity contribution in [1.29, 1.82) is 0 Å². The van der Waals surface area contributed by atoms with E-state index in [0.717, 1.165) is 17.2 Å². The number of nitrogens with one attached hydrogen (secondary N) is 1. The second-order valence-electron chi connectivity index (χ2n) is 3.58. The molecule has 2 heterocycles. The van der Waals surface area contributed by atoms with Crippen LogP contribution in [0.1, 0.15) is 23.3 Å². The first kappa shape index (κ1) is 10.7.